The van der Waals surface area contributed by atoms with Crippen LogP contribution in [0.4, 0.5) is 10.9 Å². The highest BCUT2D eigenvalue weighted by Crippen LogP contribution is 2.25. The number of hydrazone groups is 1. The molecule has 0 amide bonds. The van der Waals surface area contributed by atoms with E-state index in [1.807, 2.05) is 18.2 Å². The van der Waals surface area contributed by atoms with Gasteiger partial charge in [-0.3, -0.25) is 5.43 Å². The van der Waals surface area contributed by atoms with Gasteiger partial charge in [0.05, 0.1) is 13.3 Å². The predicted molar refractivity (Wildman–Crippen MR) is 95.6 cm³/mol. The molecule has 0 atom stereocenters. The molecule has 3 aromatic rings. The normalized spacial score (nSPS) is 10.9. The monoisotopic (exact) mass is 341 g/mol. The number of phenols is 1. The molecule has 7 nitrogen and oxygen atoms in total. The molecular formula is C16H15N5O2S. The van der Waals surface area contributed by atoms with Crippen molar-refractivity contribution in [3.05, 3.63) is 47.5 Å². The number of thiazole rings is 1. The van der Waals surface area contributed by atoms with Crippen LogP contribution >= 0.6 is 11.3 Å². The van der Waals surface area contributed by atoms with Crippen LogP contribution in [0.15, 0.2) is 47.0 Å². The molecule has 8 heteroatoms. The Kier molecular flexibility index (Phi) is 4.57. The summed E-state index contributed by atoms with van der Waals surface area (Å²) in [6.45, 7) is 0. The number of nitrogens with zero attached hydrogens (tertiary/aromatic N) is 3. The summed E-state index contributed by atoms with van der Waals surface area (Å²) < 4.78 is 5.05. The third kappa shape index (κ3) is 3.61. The molecule has 0 aliphatic rings. The Morgan fingerprint density at radius 1 is 1.29 bits per heavy atom. The van der Waals surface area contributed by atoms with Crippen LogP contribution in [0.2, 0.25) is 0 Å². The molecule has 0 fully saturated rings. The summed E-state index contributed by atoms with van der Waals surface area (Å²) in [7, 11) is 1.57. The maximum atomic E-state index is 9.98. The molecule has 0 radical (unpaired) electrons. The highest BCUT2D eigenvalue weighted by Gasteiger charge is 2.04. The number of phenolic OH excluding ortho intramolecular Hbond substituents is 1. The number of aromatic hydroxyl groups is 1. The van der Waals surface area contributed by atoms with Crippen LogP contribution in [0.3, 0.4) is 0 Å². The van der Waals surface area contributed by atoms with Crippen molar-refractivity contribution in [3.63, 3.8) is 0 Å². The Morgan fingerprint density at radius 3 is 2.79 bits per heavy atom. The second-order valence-electron chi connectivity index (χ2n) is 4.81. The van der Waals surface area contributed by atoms with Gasteiger partial charge in [-0.2, -0.15) is 5.10 Å². The molecule has 0 spiro atoms. The summed E-state index contributed by atoms with van der Waals surface area (Å²) >= 11 is 1.35. The Morgan fingerprint density at radius 2 is 2.12 bits per heavy atom. The van der Waals surface area contributed by atoms with Gasteiger partial charge in [0, 0.05) is 28.8 Å². The first-order valence-electron chi connectivity index (χ1n) is 6.99. The fourth-order valence-corrected chi connectivity index (χ4v) is 2.55. The van der Waals surface area contributed by atoms with Crippen molar-refractivity contribution in [1.29, 1.82) is 0 Å². The number of nitrogens with one attached hydrogen (secondary N) is 1. The summed E-state index contributed by atoms with van der Waals surface area (Å²) in [6.07, 6.45) is 3.23. The molecule has 0 saturated heterocycles. The molecule has 0 saturated carbocycles. The Balaban J connectivity index is 1.80. The smallest absolute Gasteiger partial charge is 0.212 e. The van der Waals surface area contributed by atoms with E-state index in [1.165, 1.54) is 17.6 Å². The van der Waals surface area contributed by atoms with Crippen LogP contribution < -0.4 is 15.9 Å². The number of nitrogen functional groups attached to an aromatic ring is 1. The van der Waals surface area contributed by atoms with Crippen LogP contribution in [-0.4, -0.2) is 28.4 Å². The van der Waals surface area contributed by atoms with E-state index in [4.69, 9.17) is 10.5 Å². The van der Waals surface area contributed by atoms with Gasteiger partial charge in [-0.1, -0.05) is 6.07 Å². The van der Waals surface area contributed by atoms with E-state index in [-0.39, 0.29) is 5.75 Å². The summed E-state index contributed by atoms with van der Waals surface area (Å²) in [5.74, 6) is 1.12. The van der Waals surface area contributed by atoms with Crippen molar-refractivity contribution < 1.29 is 9.84 Å². The van der Waals surface area contributed by atoms with E-state index in [2.05, 4.69) is 20.5 Å². The Hall–Kier alpha value is -3.13. The van der Waals surface area contributed by atoms with Gasteiger partial charge in [0.1, 0.15) is 11.6 Å². The van der Waals surface area contributed by atoms with Gasteiger partial charge < -0.3 is 15.6 Å². The van der Waals surface area contributed by atoms with Gasteiger partial charge >= 0.3 is 0 Å². The highest BCUT2D eigenvalue weighted by molar-refractivity contribution is 7.14. The molecular weight excluding hydrogens is 326 g/mol. The van der Waals surface area contributed by atoms with Crippen molar-refractivity contribution in [1.82, 2.24) is 9.97 Å². The van der Waals surface area contributed by atoms with E-state index in [0.29, 0.717) is 22.4 Å². The number of aromatic nitrogens is 2. The zero-order chi connectivity index (χ0) is 16.9. The molecule has 0 aliphatic heterocycles. The molecule has 122 valence electrons. The summed E-state index contributed by atoms with van der Waals surface area (Å²) in [4.78, 5) is 8.21. The molecule has 0 unspecified atom stereocenters. The lowest BCUT2D eigenvalue weighted by molar-refractivity contribution is 0.398. The largest absolute Gasteiger partial charge is 0.507 e. The average Bonchev–Trinajstić information content (AvgIpc) is 3.02. The molecule has 2 heterocycles. The average molecular weight is 341 g/mol. The standard InChI is InChI=1S/C16H15N5O2S/c1-23-15-5-3-11(7-18-15)10-2-4-13(22)12(6-10)8-19-21-16-20-14(17)9-24-16/h2-9,22H,17H2,1H3,(H,20,21). The summed E-state index contributed by atoms with van der Waals surface area (Å²) in [5, 5.41) is 16.3. The second-order valence-corrected chi connectivity index (χ2v) is 5.67. The van der Waals surface area contributed by atoms with Crippen LogP contribution in [0.25, 0.3) is 11.1 Å². The number of rotatable bonds is 5. The van der Waals surface area contributed by atoms with E-state index < -0.39 is 0 Å². The fourth-order valence-electron chi connectivity index (χ4n) is 2.00. The maximum absolute atomic E-state index is 9.98. The number of hydrogen-bond donors (Lipinski definition) is 3. The third-order valence-electron chi connectivity index (χ3n) is 3.19. The first-order valence-corrected chi connectivity index (χ1v) is 7.87. The van der Waals surface area contributed by atoms with Gasteiger partial charge in [0.15, 0.2) is 0 Å². The highest BCUT2D eigenvalue weighted by atomic mass is 32.1. The topological polar surface area (TPSA) is 106 Å². The first-order chi connectivity index (χ1) is 11.7. The number of hydrogen-bond acceptors (Lipinski definition) is 8. The number of benzene rings is 1. The lowest BCUT2D eigenvalue weighted by Crippen LogP contribution is -1.92. The number of ether oxygens (including phenoxy) is 1. The van der Waals surface area contributed by atoms with Crippen LogP contribution in [-0.2, 0) is 0 Å². The van der Waals surface area contributed by atoms with Gasteiger partial charge in [-0.25, -0.2) is 9.97 Å². The minimum atomic E-state index is 0.129. The van der Waals surface area contributed by atoms with E-state index in [0.717, 1.165) is 11.1 Å². The molecule has 1 aromatic carbocycles. The van der Waals surface area contributed by atoms with Crippen molar-refractivity contribution in [2.24, 2.45) is 5.10 Å². The lowest BCUT2D eigenvalue weighted by atomic mass is 10.0. The number of methoxy groups -OCH3 is 1. The van der Waals surface area contributed by atoms with Gasteiger partial charge in [-0.15, -0.1) is 11.3 Å². The fraction of sp³-hybridized carbons (Fsp3) is 0.0625. The molecule has 0 aliphatic carbocycles. The molecule has 0 bridgehead atoms. The third-order valence-corrected chi connectivity index (χ3v) is 3.96. The van der Waals surface area contributed by atoms with Crippen molar-refractivity contribution in [2.45, 2.75) is 0 Å². The number of nitrogens with two attached hydrogens (primary N) is 1. The lowest BCUT2D eigenvalue weighted by Gasteiger charge is -2.05. The van der Waals surface area contributed by atoms with Gasteiger partial charge in [0.25, 0.3) is 0 Å². The molecule has 24 heavy (non-hydrogen) atoms. The maximum Gasteiger partial charge on any atom is 0.212 e. The minimum absolute atomic E-state index is 0.129. The van der Waals surface area contributed by atoms with Crippen LogP contribution in [0.5, 0.6) is 11.6 Å². The summed E-state index contributed by atoms with van der Waals surface area (Å²) in [5.41, 5.74) is 10.7. The SMILES string of the molecule is COc1ccc(-c2ccc(O)c(C=NNc3nc(N)cs3)c2)cn1. The van der Waals surface area contributed by atoms with E-state index >= 15 is 0 Å². The predicted octanol–water partition coefficient (Wildman–Crippen LogP) is 2.95. The number of anilines is 2. The summed E-state index contributed by atoms with van der Waals surface area (Å²) in [6, 6.07) is 8.92. The van der Waals surface area contributed by atoms with Crippen molar-refractivity contribution in [2.75, 3.05) is 18.3 Å². The zero-order valence-electron chi connectivity index (χ0n) is 12.8. The van der Waals surface area contributed by atoms with Gasteiger partial charge in [0.2, 0.25) is 11.0 Å². The quantitative estimate of drug-likeness (QED) is 0.487. The molecule has 3 rings (SSSR count). The molecule has 4 N–H and O–H groups in total. The minimum Gasteiger partial charge on any atom is -0.507 e. The Bertz CT molecular complexity index is 861. The van der Waals surface area contributed by atoms with Crippen molar-refractivity contribution >= 4 is 28.5 Å². The van der Waals surface area contributed by atoms with Crippen molar-refractivity contribution in [3.8, 4) is 22.8 Å². The Labute approximate surface area is 142 Å². The van der Waals surface area contributed by atoms with E-state index in [1.54, 1.807) is 30.8 Å². The number of pyridine rings is 1. The van der Waals surface area contributed by atoms with E-state index in [9.17, 15) is 5.11 Å². The van der Waals surface area contributed by atoms with Crippen LogP contribution in [0, 0.1) is 0 Å². The molecule has 2 aromatic heterocycles. The first kappa shape index (κ1) is 15.8. The van der Waals surface area contributed by atoms with Gasteiger partial charge in [-0.05, 0) is 23.8 Å². The zero-order valence-corrected chi connectivity index (χ0v) is 13.6. The second kappa shape index (κ2) is 6.97. The van der Waals surface area contributed by atoms with Crippen LogP contribution in [0.1, 0.15) is 5.56 Å².